The highest BCUT2D eigenvalue weighted by molar-refractivity contribution is 7.15. The third-order valence-corrected chi connectivity index (χ3v) is 3.53. The summed E-state index contributed by atoms with van der Waals surface area (Å²) >= 11 is 1.15. The average molecular weight is 311 g/mol. The molecule has 2 aromatic rings. The van der Waals surface area contributed by atoms with E-state index in [1.165, 1.54) is 0 Å². The second kappa shape index (κ2) is 5.79. The minimum absolute atomic E-state index is 0.203. The van der Waals surface area contributed by atoms with Crippen molar-refractivity contribution >= 4 is 33.8 Å². The van der Waals surface area contributed by atoms with Crippen molar-refractivity contribution in [2.75, 3.05) is 11.1 Å². The molecule has 0 aliphatic carbocycles. The van der Waals surface area contributed by atoms with Gasteiger partial charge in [-0.15, -0.1) is 10.2 Å². The molecule has 110 valence electrons. The summed E-state index contributed by atoms with van der Waals surface area (Å²) in [5, 5.41) is 21.7. The first-order valence-electron chi connectivity index (χ1n) is 5.79. The fourth-order valence-electron chi connectivity index (χ4n) is 1.52. The fraction of sp³-hybridized carbons (Fsp3) is 0.182. The number of nitro groups is 1. The number of hydrogen-bond donors (Lipinski definition) is 2. The molecule has 10 heteroatoms. The summed E-state index contributed by atoms with van der Waals surface area (Å²) in [6.07, 6.45) is 0.650. The second-order valence-corrected chi connectivity index (χ2v) is 5.02. The van der Waals surface area contributed by atoms with Crippen LogP contribution in [0.25, 0.3) is 0 Å². The summed E-state index contributed by atoms with van der Waals surface area (Å²) in [6, 6.07) is 1.53. The number of nitrogen functional groups attached to an aromatic ring is 1. The van der Waals surface area contributed by atoms with Gasteiger partial charge in [0.25, 0.3) is 11.6 Å². The molecule has 0 radical (unpaired) electrons. The number of aryl methyl sites for hydroxylation is 1. The summed E-state index contributed by atoms with van der Waals surface area (Å²) < 4.78 is 13.3. The number of amides is 1. The predicted molar refractivity (Wildman–Crippen MR) is 74.7 cm³/mol. The zero-order valence-electron chi connectivity index (χ0n) is 10.8. The molecule has 1 aromatic heterocycles. The molecule has 1 amide bonds. The van der Waals surface area contributed by atoms with Crippen molar-refractivity contribution in [2.24, 2.45) is 0 Å². The summed E-state index contributed by atoms with van der Waals surface area (Å²) in [7, 11) is 0. The Morgan fingerprint density at radius 1 is 1.52 bits per heavy atom. The molecule has 8 nitrogen and oxygen atoms in total. The van der Waals surface area contributed by atoms with Gasteiger partial charge in [-0.05, 0) is 12.5 Å². The van der Waals surface area contributed by atoms with E-state index in [0.29, 0.717) is 17.5 Å². The van der Waals surface area contributed by atoms with Gasteiger partial charge in [-0.25, -0.2) is 4.39 Å². The topological polar surface area (TPSA) is 124 Å². The highest BCUT2D eigenvalue weighted by atomic mass is 32.1. The summed E-state index contributed by atoms with van der Waals surface area (Å²) in [5.41, 5.74) is 3.99. The Hall–Kier alpha value is -2.62. The van der Waals surface area contributed by atoms with Gasteiger partial charge in [-0.3, -0.25) is 20.2 Å². The van der Waals surface area contributed by atoms with Gasteiger partial charge in [0.2, 0.25) is 5.13 Å². The molecule has 21 heavy (non-hydrogen) atoms. The van der Waals surface area contributed by atoms with E-state index in [2.05, 4.69) is 15.5 Å². The summed E-state index contributed by atoms with van der Waals surface area (Å²) in [6.45, 7) is 1.87. The molecule has 0 bridgehead atoms. The zero-order valence-corrected chi connectivity index (χ0v) is 11.6. The van der Waals surface area contributed by atoms with E-state index in [-0.39, 0.29) is 16.4 Å². The molecule has 0 saturated heterocycles. The zero-order chi connectivity index (χ0) is 15.6. The van der Waals surface area contributed by atoms with Crippen LogP contribution in [0.15, 0.2) is 12.1 Å². The van der Waals surface area contributed by atoms with Crippen molar-refractivity contribution in [2.45, 2.75) is 13.3 Å². The number of aromatic nitrogens is 2. The van der Waals surface area contributed by atoms with Gasteiger partial charge in [0.1, 0.15) is 10.6 Å². The first-order chi connectivity index (χ1) is 9.92. The smallest absolute Gasteiger partial charge is 0.285 e. The van der Waals surface area contributed by atoms with Gasteiger partial charge in [-0.1, -0.05) is 18.3 Å². The van der Waals surface area contributed by atoms with E-state index in [0.717, 1.165) is 17.4 Å². The monoisotopic (exact) mass is 311 g/mol. The number of hydrogen-bond acceptors (Lipinski definition) is 7. The van der Waals surface area contributed by atoms with Crippen LogP contribution in [0.5, 0.6) is 0 Å². The first kappa shape index (κ1) is 14.8. The maximum Gasteiger partial charge on any atom is 0.285 e. The maximum absolute atomic E-state index is 13.3. The minimum Gasteiger partial charge on any atom is -0.396 e. The summed E-state index contributed by atoms with van der Waals surface area (Å²) in [5.74, 6) is -1.75. The molecular weight excluding hydrogens is 301 g/mol. The van der Waals surface area contributed by atoms with Gasteiger partial charge >= 0.3 is 0 Å². The molecule has 1 aromatic carbocycles. The molecule has 0 saturated carbocycles. The Bertz CT molecular complexity index is 718. The fourth-order valence-corrected chi connectivity index (χ4v) is 2.20. The van der Waals surface area contributed by atoms with Crippen LogP contribution < -0.4 is 11.1 Å². The lowest BCUT2D eigenvalue weighted by atomic mass is 10.1. The van der Waals surface area contributed by atoms with Crippen LogP contribution >= 0.6 is 11.3 Å². The van der Waals surface area contributed by atoms with Gasteiger partial charge < -0.3 is 5.73 Å². The molecule has 0 aliphatic rings. The van der Waals surface area contributed by atoms with Crippen LogP contribution in [0, 0.1) is 15.9 Å². The van der Waals surface area contributed by atoms with Crippen molar-refractivity contribution in [3.8, 4) is 0 Å². The van der Waals surface area contributed by atoms with Gasteiger partial charge in [0.05, 0.1) is 16.7 Å². The number of benzene rings is 1. The molecule has 0 atom stereocenters. The van der Waals surface area contributed by atoms with E-state index < -0.39 is 22.3 Å². The Kier molecular flexibility index (Phi) is 4.08. The van der Waals surface area contributed by atoms with Crippen molar-refractivity contribution < 1.29 is 14.1 Å². The Balaban J connectivity index is 2.34. The van der Waals surface area contributed by atoms with E-state index in [9.17, 15) is 19.3 Å². The van der Waals surface area contributed by atoms with E-state index >= 15 is 0 Å². The van der Waals surface area contributed by atoms with Crippen LogP contribution in [0.2, 0.25) is 0 Å². The highest BCUT2D eigenvalue weighted by Crippen LogP contribution is 2.26. The molecule has 0 aliphatic heterocycles. The maximum atomic E-state index is 13.3. The number of nitrogens with two attached hydrogens (primary N) is 1. The standard InChI is InChI=1S/C11H10FN5O3S/c1-2-9-15-16-11(21-9)14-10(18)5-3-7(13)6(12)4-8(5)17(19)20/h3-4H,2,13H2,1H3,(H,14,16,18). The van der Waals surface area contributed by atoms with E-state index in [1.54, 1.807) is 0 Å². The third-order valence-electron chi connectivity index (χ3n) is 2.55. The van der Waals surface area contributed by atoms with E-state index in [4.69, 9.17) is 5.73 Å². The molecule has 1 heterocycles. The molecule has 2 rings (SSSR count). The number of halogens is 1. The third kappa shape index (κ3) is 3.11. The number of anilines is 2. The normalized spacial score (nSPS) is 10.4. The van der Waals surface area contributed by atoms with Crippen molar-refractivity contribution in [3.05, 3.63) is 38.6 Å². The highest BCUT2D eigenvalue weighted by Gasteiger charge is 2.23. The predicted octanol–water partition coefficient (Wildman–Crippen LogP) is 1.98. The van der Waals surface area contributed by atoms with Crippen molar-refractivity contribution in [1.29, 1.82) is 0 Å². The second-order valence-electron chi connectivity index (χ2n) is 3.96. The van der Waals surface area contributed by atoms with Gasteiger partial charge in [0.15, 0.2) is 5.82 Å². The molecule has 0 unspecified atom stereocenters. The Morgan fingerprint density at radius 3 is 2.81 bits per heavy atom. The lowest BCUT2D eigenvalue weighted by molar-refractivity contribution is -0.385. The largest absolute Gasteiger partial charge is 0.396 e. The molecular formula is C11H10FN5O3S. The number of nitro benzene ring substituents is 1. The van der Waals surface area contributed by atoms with Crippen molar-refractivity contribution in [1.82, 2.24) is 10.2 Å². The van der Waals surface area contributed by atoms with Crippen LogP contribution in [-0.4, -0.2) is 21.0 Å². The Labute approximate surface area is 122 Å². The van der Waals surface area contributed by atoms with Crippen LogP contribution in [0.4, 0.5) is 20.9 Å². The first-order valence-corrected chi connectivity index (χ1v) is 6.61. The van der Waals surface area contributed by atoms with Crippen LogP contribution in [-0.2, 0) is 6.42 Å². The lowest BCUT2D eigenvalue weighted by Gasteiger charge is -2.04. The minimum atomic E-state index is -0.956. The number of nitrogens with one attached hydrogen (secondary N) is 1. The average Bonchev–Trinajstić information content (AvgIpc) is 2.88. The lowest BCUT2D eigenvalue weighted by Crippen LogP contribution is -2.15. The van der Waals surface area contributed by atoms with Crippen LogP contribution in [0.1, 0.15) is 22.3 Å². The quantitative estimate of drug-likeness (QED) is 0.505. The number of rotatable bonds is 4. The Morgan fingerprint density at radius 2 is 2.24 bits per heavy atom. The number of carbonyl (C=O) groups excluding carboxylic acids is 1. The molecule has 0 spiro atoms. The van der Waals surface area contributed by atoms with Gasteiger partial charge in [-0.2, -0.15) is 0 Å². The van der Waals surface area contributed by atoms with Crippen LogP contribution in [0.3, 0.4) is 0 Å². The van der Waals surface area contributed by atoms with Crippen molar-refractivity contribution in [3.63, 3.8) is 0 Å². The molecule has 0 fully saturated rings. The number of carbonyl (C=O) groups is 1. The SMILES string of the molecule is CCc1nnc(NC(=O)c2cc(N)c(F)cc2[N+](=O)[O-])s1. The number of nitrogens with zero attached hydrogens (tertiary/aromatic N) is 3. The molecule has 3 N–H and O–H groups in total. The van der Waals surface area contributed by atoms with Gasteiger partial charge in [0, 0.05) is 0 Å². The van der Waals surface area contributed by atoms with E-state index in [1.807, 2.05) is 6.92 Å². The summed E-state index contributed by atoms with van der Waals surface area (Å²) in [4.78, 5) is 22.1.